The van der Waals surface area contributed by atoms with E-state index < -0.39 is 17.6 Å². The van der Waals surface area contributed by atoms with Crippen LogP contribution in [0.15, 0.2) is 0 Å². The van der Waals surface area contributed by atoms with Crippen molar-refractivity contribution in [1.82, 2.24) is 20.5 Å². The Morgan fingerprint density at radius 2 is 2.12 bits per heavy atom. The fourth-order valence-electron chi connectivity index (χ4n) is 4.57. The van der Waals surface area contributed by atoms with E-state index in [1.807, 2.05) is 0 Å². The minimum atomic E-state index is -0.735. The van der Waals surface area contributed by atoms with Crippen LogP contribution in [0.25, 0.3) is 0 Å². The fraction of sp³-hybridized carbons (Fsp3) is 0.700. The van der Waals surface area contributed by atoms with Crippen molar-refractivity contribution in [1.29, 1.82) is 0 Å². The van der Waals surface area contributed by atoms with Crippen LogP contribution < -0.4 is 15.8 Å². The lowest BCUT2D eigenvalue weighted by Crippen LogP contribution is -2.41. The van der Waals surface area contributed by atoms with E-state index in [0.717, 1.165) is 38.5 Å². The first-order valence-electron chi connectivity index (χ1n) is 10.9. The van der Waals surface area contributed by atoms with Crippen molar-refractivity contribution in [2.75, 3.05) is 37.1 Å². The van der Waals surface area contributed by atoms with Crippen LogP contribution in [0.5, 0.6) is 0 Å². The zero-order chi connectivity index (χ0) is 23.1. The van der Waals surface area contributed by atoms with Crippen molar-refractivity contribution in [2.45, 2.75) is 51.0 Å². The van der Waals surface area contributed by atoms with Crippen molar-refractivity contribution >= 4 is 35.6 Å². The molecule has 0 unspecified atom stereocenters. The molecule has 10 nitrogen and oxygen atoms in total. The number of nitrogens with one attached hydrogen (secondary N) is 2. The van der Waals surface area contributed by atoms with Gasteiger partial charge in [0, 0.05) is 13.7 Å². The number of hydroxylamine groups is 2. The molecule has 1 saturated carbocycles. The average molecular weight is 473 g/mol. The number of methoxy groups -OCH3 is 1. The summed E-state index contributed by atoms with van der Waals surface area (Å²) in [4.78, 5) is 33.3. The van der Waals surface area contributed by atoms with Crippen LogP contribution in [0.2, 0.25) is 5.28 Å². The van der Waals surface area contributed by atoms with Gasteiger partial charge in [0.25, 0.3) is 0 Å². The zero-order valence-electron chi connectivity index (χ0n) is 18.1. The molecule has 2 aliphatic rings. The standard InChI is InChI=1S/C20H30ClFN6O4/c1-32-11-15-7-4-8-28(15)18-16(22)17(23-20(21)24-18)25-26-19(30)14(10-27(31)12-29)9-13-5-2-3-6-13/h12-15,31H,2-11H2,1H3,(H,26,30)(H,23,24,25)/t14-,15+/m0/s1. The molecule has 1 aliphatic heterocycles. The summed E-state index contributed by atoms with van der Waals surface area (Å²) in [6.07, 6.45) is 6.68. The van der Waals surface area contributed by atoms with Crippen LogP contribution in [0.1, 0.15) is 44.9 Å². The number of hydrogen-bond donors (Lipinski definition) is 3. The predicted octanol–water partition coefficient (Wildman–Crippen LogP) is 2.37. The predicted molar refractivity (Wildman–Crippen MR) is 116 cm³/mol. The van der Waals surface area contributed by atoms with Gasteiger partial charge in [0.15, 0.2) is 11.6 Å². The SMILES string of the molecule is COC[C@H]1CCCN1c1nc(Cl)nc(NNC(=O)[C@@H](CC2CCCC2)CN(O)C=O)c1F. The Balaban J connectivity index is 1.70. The molecule has 1 aromatic heterocycles. The van der Waals surface area contributed by atoms with Gasteiger partial charge in [-0.15, -0.1) is 0 Å². The van der Waals surface area contributed by atoms with Gasteiger partial charge in [-0.05, 0) is 36.8 Å². The van der Waals surface area contributed by atoms with Gasteiger partial charge in [-0.3, -0.25) is 25.6 Å². The largest absolute Gasteiger partial charge is 0.383 e. The van der Waals surface area contributed by atoms with E-state index in [4.69, 9.17) is 16.3 Å². The minimum absolute atomic E-state index is 0.0300. The Morgan fingerprint density at radius 1 is 1.38 bits per heavy atom. The van der Waals surface area contributed by atoms with Crippen LogP contribution in [0, 0.1) is 17.7 Å². The topological polar surface area (TPSA) is 120 Å². The van der Waals surface area contributed by atoms with Crippen molar-refractivity contribution in [3.05, 3.63) is 11.1 Å². The van der Waals surface area contributed by atoms with Gasteiger partial charge in [-0.1, -0.05) is 25.7 Å². The van der Waals surface area contributed by atoms with Gasteiger partial charge in [0.1, 0.15) is 0 Å². The maximum Gasteiger partial charge on any atom is 0.243 e. The molecule has 12 heteroatoms. The van der Waals surface area contributed by atoms with Gasteiger partial charge in [0.05, 0.1) is 25.1 Å². The molecule has 0 aromatic carbocycles. The number of carbonyl (C=O) groups excluding carboxylic acids is 2. The van der Waals surface area contributed by atoms with Crippen molar-refractivity contribution in [3.8, 4) is 0 Å². The van der Waals surface area contributed by atoms with E-state index in [2.05, 4.69) is 20.8 Å². The first-order chi connectivity index (χ1) is 15.4. The van der Waals surface area contributed by atoms with Crippen LogP contribution in [-0.2, 0) is 14.3 Å². The fourth-order valence-corrected chi connectivity index (χ4v) is 4.73. The highest BCUT2D eigenvalue weighted by molar-refractivity contribution is 6.28. The molecule has 3 rings (SSSR count). The number of hydrogen-bond acceptors (Lipinski definition) is 8. The monoisotopic (exact) mass is 472 g/mol. The van der Waals surface area contributed by atoms with Gasteiger partial charge >= 0.3 is 0 Å². The second-order valence-electron chi connectivity index (χ2n) is 8.35. The summed E-state index contributed by atoms with van der Waals surface area (Å²) in [5.41, 5.74) is 4.95. The smallest absolute Gasteiger partial charge is 0.243 e. The molecule has 2 heterocycles. The number of hydrazine groups is 1. The third-order valence-corrected chi connectivity index (χ3v) is 6.28. The van der Waals surface area contributed by atoms with Crippen molar-refractivity contribution in [2.24, 2.45) is 11.8 Å². The van der Waals surface area contributed by atoms with Gasteiger partial charge in [-0.2, -0.15) is 14.4 Å². The quantitative estimate of drug-likeness (QED) is 0.194. The Bertz CT molecular complexity index is 798. The van der Waals surface area contributed by atoms with Crippen LogP contribution in [-0.4, -0.2) is 65.4 Å². The lowest BCUT2D eigenvalue weighted by Gasteiger charge is -2.26. The summed E-state index contributed by atoms with van der Waals surface area (Å²) < 4.78 is 20.4. The third kappa shape index (κ3) is 6.17. The highest BCUT2D eigenvalue weighted by Crippen LogP contribution is 2.32. The molecular weight excluding hydrogens is 443 g/mol. The molecule has 2 amide bonds. The molecule has 0 radical (unpaired) electrons. The highest BCUT2D eigenvalue weighted by Gasteiger charge is 2.31. The number of carbonyl (C=O) groups is 2. The van der Waals surface area contributed by atoms with Crippen LogP contribution >= 0.6 is 11.6 Å². The molecule has 1 aliphatic carbocycles. The maximum absolute atomic E-state index is 15.2. The molecule has 1 saturated heterocycles. The zero-order valence-corrected chi connectivity index (χ0v) is 18.9. The Kier molecular flexibility index (Phi) is 8.83. The number of aromatic nitrogens is 2. The third-order valence-electron chi connectivity index (χ3n) is 6.11. The van der Waals surface area contributed by atoms with E-state index in [0.29, 0.717) is 30.6 Å². The maximum atomic E-state index is 15.2. The lowest BCUT2D eigenvalue weighted by molar-refractivity contribution is -0.154. The number of nitrogens with zero attached hydrogens (tertiary/aromatic N) is 4. The first-order valence-corrected chi connectivity index (χ1v) is 11.3. The molecule has 0 spiro atoms. The first kappa shape index (κ1) is 24.4. The molecule has 2 atom stereocenters. The van der Waals surface area contributed by atoms with E-state index in [1.165, 1.54) is 0 Å². The molecular formula is C20H30ClFN6O4. The minimum Gasteiger partial charge on any atom is -0.383 e. The number of ether oxygens (including phenoxy) is 1. The van der Waals surface area contributed by atoms with Gasteiger partial charge in [0.2, 0.25) is 23.4 Å². The van der Waals surface area contributed by atoms with E-state index in [1.54, 1.807) is 12.0 Å². The summed E-state index contributed by atoms with van der Waals surface area (Å²) in [6, 6.07) is -0.0300. The van der Waals surface area contributed by atoms with Crippen LogP contribution in [0.4, 0.5) is 16.0 Å². The van der Waals surface area contributed by atoms with E-state index in [9.17, 15) is 14.8 Å². The molecule has 178 valence electrons. The normalized spacial score (nSPS) is 19.8. The average Bonchev–Trinajstić information content (AvgIpc) is 3.45. The highest BCUT2D eigenvalue weighted by atomic mass is 35.5. The Morgan fingerprint density at radius 3 is 2.81 bits per heavy atom. The number of halogens is 2. The lowest BCUT2D eigenvalue weighted by atomic mass is 9.92. The number of amides is 2. The summed E-state index contributed by atoms with van der Waals surface area (Å²) in [5, 5.41) is 9.88. The Labute approximate surface area is 191 Å². The number of anilines is 2. The van der Waals surface area contributed by atoms with Crippen LogP contribution in [0.3, 0.4) is 0 Å². The van der Waals surface area contributed by atoms with Gasteiger partial charge < -0.3 is 9.64 Å². The summed E-state index contributed by atoms with van der Waals surface area (Å²) >= 11 is 6.03. The summed E-state index contributed by atoms with van der Waals surface area (Å²) in [6.45, 7) is 0.877. The molecule has 2 fully saturated rings. The molecule has 1 aromatic rings. The van der Waals surface area contributed by atoms with E-state index >= 15 is 4.39 Å². The second-order valence-corrected chi connectivity index (χ2v) is 8.69. The van der Waals surface area contributed by atoms with Gasteiger partial charge in [-0.25, -0.2) is 5.06 Å². The Hall–Kier alpha value is -2.24. The molecule has 0 bridgehead atoms. The van der Waals surface area contributed by atoms with E-state index in [-0.39, 0.29) is 35.9 Å². The van der Waals surface area contributed by atoms with Crippen molar-refractivity contribution in [3.63, 3.8) is 0 Å². The summed E-state index contributed by atoms with van der Waals surface area (Å²) in [5.74, 6) is -1.74. The van der Waals surface area contributed by atoms with Crippen molar-refractivity contribution < 1.29 is 23.9 Å². The molecule has 3 N–H and O–H groups in total. The summed E-state index contributed by atoms with van der Waals surface area (Å²) in [7, 11) is 1.59. The molecule has 32 heavy (non-hydrogen) atoms. The number of rotatable bonds is 11. The second kappa shape index (κ2) is 11.6.